The molecule has 2 aromatic heterocycles. The van der Waals surface area contributed by atoms with Crippen LogP contribution in [0.4, 0.5) is 17.6 Å². The van der Waals surface area contributed by atoms with Crippen LogP contribution in [0.1, 0.15) is 32.9 Å². The molecule has 0 N–H and O–H groups in total. The lowest BCUT2D eigenvalue weighted by molar-refractivity contribution is -0.208. The van der Waals surface area contributed by atoms with E-state index >= 15 is 0 Å². The van der Waals surface area contributed by atoms with Crippen molar-refractivity contribution in [1.82, 2.24) is 30.0 Å². The van der Waals surface area contributed by atoms with Gasteiger partial charge in [-0.3, -0.25) is 14.4 Å². The molecule has 0 saturated carbocycles. The zero-order chi connectivity index (χ0) is 38.7. The quantitative estimate of drug-likeness (QED) is 0.0932. The van der Waals surface area contributed by atoms with Crippen molar-refractivity contribution < 1.29 is 60.4 Å². The summed E-state index contributed by atoms with van der Waals surface area (Å²) in [6.45, 7) is 3.34. The third-order valence-electron chi connectivity index (χ3n) is 8.64. The van der Waals surface area contributed by atoms with Gasteiger partial charge in [0.05, 0.1) is 30.9 Å². The predicted octanol–water partition coefficient (Wildman–Crippen LogP) is 3.84. The summed E-state index contributed by atoms with van der Waals surface area (Å²) in [5, 5.41) is 15.9. The Balaban J connectivity index is 1.35. The number of halogens is 4. The summed E-state index contributed by atoms with van der Waals surface area (Å²) in [6, 6.07) is 5.54. The highest BCUT2D eigenvalue weighted by Gasteiger charge is 2.52. The Hall–Kier alpha value is -4.92. The zero-order valence-electron chi connectivity index (χ0n) is 29.1. The number of benzene rings is 2. The van der Waals surface area contributed by atoms with Gasteiger partial charge in [0, 0.05) is 39.0 Å². The molecule has 0 aliphatic carbocycles. The second kappa shape index (κ2) is 16.6. The van der Waals surface area contributed by atoms with E-state index in [1.807, 2.05) is 0 Å². The van der Waals surface area contributed by atoms with Gasteiger partial charge < -0.3 is 28.4 Å². The van der Waals surface area contributed by atoms with Crippen molar-refractivity contribution in [2.75, 3.05) is 26.9 Å². The minimum Gasteiger partial charge on any atom is -0.463 e. The molecule has 20 heteroatoms. The van der Waals surface area contributed by atoms with E-state index in [1.54, 1.807) is 12.3 Å². The predicted molar refractivity (Wildman–Crippen MR) is 178 cm³/mol. The second-order valence-electron chi connectivity index (χ2n) is 12.4. The van der Waals surface area contributed by atoms with E-state index in [2.05, 4.69) is 20.6 Å². The van der Waals surface area contributed by atoms with Gasteiger partial charge >= 0.3 is 17.9 Å². The van der Waals surface area contributed by atoms with Gasteiger partial charge in [-0.15, -0.1) is 22.0 Å². The molecule has 5 unspecified atom stereocenters. The first-order valence-electron chi connectivity index (χ1n) is 16.5. The third-order valence-corrected chi connectivity index (χ3v) is 10.0. The minimum absolute atomic E-state index is 0.0552. The van der Waals surface area contributed by atoms with Gasteiger partial charge in [-0.25, -0.2) is 26.9 Å². The van der Waals surface area contributed by atoms with E-state index in [-0.39, 0.29) is 31.1 Å². The van der Waals surface area contributed by atoms with Gasteiger partial charge in [-0.1, -0.05) is 22.6 Å². The Labute approximate surface area is 309 Å². The highest BCUT2D eigenvalue weighted by Crippen LogP contribution is 2.43. The van der Waals surface area contributed by atoms with Crippen LogP contribution in [0.2, 0.25) is 0 Å². The molecule has 2 aromatic carbocycles. The summed E-state index contributed by atoms with van der Waals surface area (Å²) in [5.74, 6) is -6.98. The molecule has 2 aliphatic rings. The zero-order valence-corrected chi connectivity index (χ0v) is 30.0. The lowest BCUT2D eigenvalue weighted by atomic mass is 9.96. The molecule has 4 aromatic rings. The lowest BCUT2D eigenvalue weighted by Gasteiger charge is -2.46. The smallest absolute Gasteiger partial charge is 0.303 e. The number of carbonyl (C=O) groups is 3. The Morgan fingerprint density at radius 1 is 0.833 bits per heavy atom. The van der Waals surface area contributed by atoms with Crippen LogP contribution in [-0.2, 0) is 42.8 Å². The standard InChI is InChI=1S/C34H34F4N6O9S/c1-16(45)50-14-27-32(52-18(3)47)30(44-12-25(40-42-44)20-9-22(36)29(38)23(37)10-20)33(48-4)34(53-27)54-28-15-49-13-26(31(28)51-17(2)46)43-11-24(39-41-43)19-6-5-7-21(35)8-19/h5-12,26-28,30-34H,13-15H2,1-4H3/t26-,27?,28+,30?,31+,32?,33?,34?/m0/s1. The maximum Gasteiger partial charge on any atom is 0.303 e. The number of thioether (sulfide) groups is 1. The number of ether oxygens (including phenoxy) is 6. The molecule has 0 amide bonds. The van der Waals surface area contributed by atoms with Gasteiger partial charge in [0.15, 0.2) is 23.6 Å². The first kappa shape index (κ1) is 38.8. The van der Waals surface area contributed by atoms with Crippen molar-refractivity contribution in [3.05, 3.63) is 72.1 Å². The molecule has 15 nitrogen and oxygen atoms in total. The Kier molecular flexibility index (Phi) is 11.9. The van der Waals surface area contributed by atoms with Gasteiger partial charge in [0.2, 0.25) is 0 Å². The molecule has 2 fully saturated rings. The largest absolute Gasteiger partial charge is 0.463 e. The lowest BCUT2D eigenvalue weighted by Crippen LogP contribution is -2.58. The van der Waals surface area contributed by atoms with E-state index in [4.69, 9.17) is 28.4 Å². The fourth-order valence-electron chi connectivity index (χ4n) is 6.31. The van der Waals surface area contributed by atoms with Crippen LogP contribution in [-0.4, -0.2) is 110 Å². The van der Waals surface area contributed by atoms with Crippen molar-refractivity contribution in [2.24, 2.45) is 0 Å². The second-order valence-corrected chi connectivity index (χ2v) is 13.7. The van der Waals surface area contributed by atoms with Crippen LogP contribution in [0.15, 0.2) is 48.8 Å². The Morgan fingerprint density at radius 3 is 2.13 bits per heavy atom. The molecule has 8 atom stereocenters. The molecule has 6 rings (SSSR count). The van der Waals surface area contributed by atoms with Gasteiger partial charge in [0.25, 0.3) is 0 Å². The van der Waals surface area contributed by atoms with Crippen LogP contribution in [0.3, 0.4) is 0 Å². The summed E-state index contributed by atoms with van der Waals surface area (Å²) in [6.07, 6.45) is -1.39. The van der Waals surface area contributed by atoms with Crippen LogP contribution in [0.5, 0.6) is 0 Å². The first-order chi connectivity index (χ1) is 25.8. The fourth-order valence-corrected chi connectivity index (χ4v) is 7.85. The topological polar surface area (TPSA) is 168 Å². The summed E-state index contributed by atoms with van der Waals surface area (Å²) in [4.78, 5) is 36.8. The normalized spacial score (nSPS) is 25.6. The number of rotatable bonds is 11. The van der Waals surface area contributed by atoms with Crippen LogP contribution >= 0.6 is 11.8 Å². The number of nitrogens with zero attached hydrogens (tertiary/aromatic N) is 6. The summed E-state index contributed by atoms with van der Waals surface area (Å²) in [7, 11) is 1.36. The SMILES string of the molecule is COC1C(S[C@@H]2COC[C@H](n3cc(-c4cccc(F)c4)nn3)[C@H]2OC(C)=O)OC(COC(C)=O)C(OC(C)=O)C1n1cc(-c2cc(F)c(F)c(F)c2)nn1. The van der Waals surface area contributed by atoms with Crippen molar-refractivity contribution >= 4 is 29.7 Å². The Bertz CT molecular complexity index is 1980. The molecule has 2 aliphatic heterocycles. The maximum atomic E-state index is 14.2. The van der Waals surface area contributed by atoms with Gasteiger partial charge in [0.1, 0.15) is 59.6 Å². The van der Waals surface area contributed by atoms with Crippen molar-refractivity contribution in [2.45, 2.75) is 68.0 Å². The number of carbonyl (C=O) groups excluding carboxylic acids is 3. The summed E-state index contributed by atoms with van der Waals surface area (Å²) in [5.41, 5.74) is -0.338. The molecule has 4 heterocycles. The van der Waals surface area contributed by atoms with E-state index in [9.17, 15) is 31.9 Å². The molecule has 0 spiro atoms. The number of esters is 3. The molecular formula is C34H34F4N6O9S. The molecule has 0 radical (unpaired) electrons. The third kappa shape index (κ3) is 8.56. The van der Waals surface area contributed by atoms with Crippen LogP contribution in [0, 0.1) is 23.3 Å². The van der Waals surface area contributed by atoms with E-state index in [0.717, 1.165) is 30.8 Å². The van der Waals surface area contributed by atoms with Gasteiger partial charge in [-0.2, -0.15) is 0 Å². The van der Waals surface area contributed by atoms with E-state index in [0.29, 0.717) is 11.3 Å². The van der Waals surface area contributed by atoms with Crippen LogP contribution < -0.4 is 0 Å². The number of methoxy groups -OCH3 is 1. The molecule has 2 saturated heterocycles. The van der Waals surface area contributed by atoms with Crippen molar-refractivity contribution in [3.8, 4) is 22.5 Å². The maximum absolute atomic E-state index is 14.2. The highest BCUT2D eigenvalue weighted by atomic mass is 32.2. The number of hydrogen-bond acceptors (Lipinski definition) is 14. The molecular weight excluding hydrogens is 744 g/mol. The summed E-state index contributed by atoms with van der Waals surface area (Å²) < 4.78 is 93.9. The highest BCUT2D eigenvalue weighted by molar-refractivity contribution is 8.00. The van der Waals surface area contributed by atoms with Gasteiger partial charge in [-0.05, 0) is 24.3 Å². The fraction of sp³-hybridized carbons (Fsp3) is 0.441. The molecule has 0 bridgehead atoms. The van der Waals surface area contributed by atoms with E-state index in [1.165, 1.54) is 54.7 Å². The molecule has 54 heavy (non-hydrogen) atoms. The first-order valence-corrected chi connectivity index (χ1v) is 17.4. The van der Waals surface area contributed by atoms with Crippen molar-refractivity contribution in [3.63, 3.8) is 0 Å². The average Bonchev–Trinajstić information content (AvgIpc) is 3.81. The number of hydrogen-bond donors (Lipinski definition) is 0. The summed E-state index contributed by atoms with van der Waals surface area (Å²) >= 11 is 1.15. The number of aromatic nitrogens is 6. The monoisotopic (exact) mass is 778 g/mol. The van der Waals surface area contributed by atoms with Crippen LogP contribution in [0.25, 0.3) is 22.5 Å². The molecule has 288 valence electrons. The average molecular weight is 779 g/mol. The van der Waals surface area contributed by atoms with Crippen molar-refractivity contribution in [1.29, 1.82) is 0 Å². The Morgan fingerprint density at radius 2 is 1.48 bits per heavy atom. The minimum atomic E-state index is -1.66. The van der Waals surface area contributed by atoms with E-state index < -0.39 is 88.4 Å².